The highest BCUT2D eigenvalue weighted by Crippen LogP contribution is 2.27. The van der Waals surface area contributed by atoms with E-state index in [0.29, 0.717) is 22.3 Å². The number of rotatable bonds is 5. The topological polar surface area (TPSA) is 76.5 Å². The van der Waals surface area contributed by atoms with Crippen LogP contribution >= 0.6 is 34.3 Å². The largest absolute Gasteiger partial charge is 0.382 e. The number of nitrogens with zero attached hydrogens (tertiary/aromatic N) is 3. The number of nitrogens with one attached hydrogen (secondary N) is 1. The third-order valence-electron chi connectivity index (χ3n) is 3.71. The smallest absolute Gasteiger partial charge is 0.270 e. The van der Waals surface area contributed by atoms with Gasteiger partial charge in [-0.1, -0.05) is 58.4 Å². The summed E-state index contributed by atoms with van der Waals surface area (Å²) in [6.45, 7) is 0. The molecule has 132 valence electrons. The van der Waals surface area contributed by atoms with Gasteiger partial charge in [0, 0.05) is 12.8 Å². The summed E-state index contributed by atoms with van der Waals surface area (Å²) in [6.07, 6.45) is 0.409. The lowest BCUT2D eigenvalue weighted by Gasteiger charge is -2.06. The summed E-state index contributed by atoms with van der Waals surface area (Å²) < 4.78 is 0.676. The van der Waals surface area contributed by atoms with Crippen LogP contribution in [0.1, 0.15) is 21.9 Å². The molecular weight excluding hydrogens is 392 g/mol. The van der Waals surface area contributed by atoms with Gasteiger partial charge in [0.15, 0.2) is 0 Å². The summed E-state index contributed by atoms with van der Waals surface area (Å²) >= 11 is 8.70. The van der Waals surface area contributed by atoms with Gasteiger partial charge >= 0.3 is 0 Å². The lowest BCUT2D eigenvalue weighted by Crippen LogP contribution is -2.27. The molecule has 1 aliphatic rings. The van der Waals surface area contributed by atoms with Gasteiger partial charge in [0.25, 0.3) is 5.91 Å². The van der Waals surface area contributed by atoms with Crippen LogP contribution in [0, 0.1) is 0 Å². The van der Waals surface area contributed by atoms with Crippen LogP contribution < -0.4 is 5.32 Å². The van der Waals surface area contributed by atoms with Crippen molar-refractivity contribution >= 4 is 51.0 Å². The third kappa shape index (κ3) is 3.92. The first kappa shape index (κ1) is 17.1. The zero-order valence-corrected chi connectivity index (χ0v) is 15.8. The molecule has 1 aromatic carbocycles. The van der Waals surface area contributed by atoms with Crippen molar-refractivity contribution in [3.8, 4) is 0 Å². The minimum atomic E-state index is -0.674. The van der Waals surface area contributed by atoms with E-state index in [9.17, 15) is 4.79 Å². The van der Waals surface area contributed by atoms with Crippen LogP contribution in [-0.4, -0.2) is 27.9 Å². The van der Waals surface area contributed by atoms with Crippen molar-refractivity contribution in [2.45, 2.75) is 18.9 Å². The average Bonchev–Trinajstić information content (AvgIpc) is 3.37. The summed E-state index contributed by atoms with van der Waals surface area (Å²) in [5, 5.41) is 16.2. The normalized spacial score (nSPS) is 16.2. The molecule has 3 heterocycles. The molecule has 0 aliphatic carbocycles. The van der Waals surface area contributed by atoms with E-state index in [-0.39, 0.29) is 5.91 Å². The monoisotopic (exact) mass is 404 g/mol. The van der Waals surface area contributed by atoms with Crippen molar-refractivity contribution in [1.29, 1.82) is 0 Å². The molecule has 0 spiro atoms. The molecule has 26 heavy (non-hydrogen) atoms. The van der Waals surface area contributed by atoms with E-state index >= 15 is 0 Å². The van der Waals surface area contributed by atoms with Crippen LogP contribution in [-0.2, 0) is 16.1 Å². The third-order valence-corrected chi connectivity index (χ3v) is 5.83. The Hall–Kier alpha value is -2.29. The zero-order valence-electron chi connectivity index (χ0n) is 13.4. The molecule has 0 unspecified atom stereocenters. The number of carbonyl (C=O) groups excluding carboxylic acids is 1. The Kier molecular flexibility index (Phi) is 4.96. The number of carbonyl (C=O) groups is 1. The summed E-state index contributed by atoms with van der Waals surface area (Å²) in [5.41, 5.74) is 1.87. The molecule has 1 amide bonds. The number of hydrogen-bond donors (Lipinski definition) is 1. The predicted molar refractivity (Wildman–Crippen MR) is 103 cm³/mol. The van der Waals surface area contributed by atoms with Crippen molar-refractivity contribution < 1.29 is 9.63 Å². The molecular formula is C17H13ClN4O2S2. The molecule has 6 nitrogen and oxygen atoms in total. The van der Waals surface area contributed by atoms with E-state index in [1.165, 1.54) is 22.7 Å². The van der Waals surface area contributed by atoms with Gasteiger partial charge in [0.1, 0.15) is 10.7 Å². The fourth-order valence-electron chi connectivity index (χ4n) is 2.46. The van der Waals surface area contributed by atoms with Crippen LogP contribution in [0.15, 0.2) is 47.6 Å². The van der Waals surface area contributed by atoms with Gasteiger partial charge in [-0.3, -0.25) is 10.1 Å². The average molecular weight is 405 g/mol. The minimum absolute atomic E-state index is 0.284. The van der Waals surface area contributed by atoms with Crippen LogP contribution in [0.2, 0.25) is 4.34 Å². The van der Waals surface area contributed by atoms with Gasteiger partial charge in [-0.05, 0) is 17.7 Å². The maximum absolute atomic E-state index is 12.4. The highest BCUT2D eigenvalue weighted by atomic mass is 35.5. The molecule has 0 fully saturated rings. The Balaban J connectivity index is 1.34. The highest BCUT2D eigenvalue weighted by Gasteiger charge is 2.30. The van der Waals surface area contributed by atoms with Gasteiger partial charge in [0.05, 0.1) is 9.21 Å². The maximum atomic E-state index is 12.4. The van der Waals surface area contributed by atoms with Gasteiger partial charge in [-0.25, -0.2) is 0 Å². The summed E-state index contributed by atoms with van der Waals surface area (Å²) in [4.78, 5) is 18.5. The van der Waals surface area contributed by atoms with Crippen LogP contribution in [0.4, 0.5) is 5.13 Å². The summed E-state index contributed by atoms with van der Waals surface area (Å²) in [5.74, 6) is -0.284. The van der Waals surface area contributed by atoms with Crippen LogP contribution in [0.25, 0.3) is 0 Å². The molecule has 9 heteroatoms. The van der Waals surface area contributed by atoms with Crippen molar-refractivity contribution in [1.82, 2.24) is 10.2 Å². The molecule has 1 atom stereocenters. The molecule has 4 rings (SSSR count). The molecule has 2 aromatic heterocycles. The second kappa shape index (κ2) is 7.53. The SMILES string of the molecule is O=C(Nc1nnc(Cc2ccccc2)s1)[C@H]1CC(c2ccc(Cl)s2)=NO1. The quantitative estimate of drug-likeness (QED) is 0.697. The molecule has 1 aliphatic heterocycles. The number of amides is 1. The van der Waals surface area contributed by atoms with Gasteiger partial charge in [-0.2, -0.15) is 0 Å². The maximum Gasteiger partial charge on any atom is 0.270 e. The van der Waals surface area contributed by atoms with E-state index in [2.05, 4.69) is 20.7 Å². The summed E-state index contributed by atoms with van der Waals surface area (Å²) in [7, 11) is 0. The number of oxime groups is 1. The first-order chi connectivity index (χ1) is 12.7. The Bertz CT molecular complexity index is 955. The Labute approximate surface area is 162 Å². The standard InChI is InChI=1S/C17H13ClN4O2S2/c18-14-7-6-13(25-14)11-9-12(24-22-11)16(23)19-17-21-20-15(26-17)8-10-4-2-1-3-5-10/h1-7,12H,8-9H2,(H,19,21,23)/t12-/m1/s1. The van der Waals surface area contributed by atoms with Crippen molar-refractivity contribution in [2.75, 3.05) is 5.32 Å². The highest BCUT2D eigenvalue weighted by molar-refractivity contribution is 7.18. The molecule has 0 saturated carbocycles. The van der Waals surface area contributed by atoms with Crippen molar-refractivity contribution in [3.05, 3.63) is 62.2 Å². The minimum Gasteiger partial charge on any atom is -0.382 e. The van der Waals surface area contributed by atoms with E-state index in [4.69, 9.17) is 16.4 Å². The van der Waals surface area contributed by atoms with E-state index < -0.39 is 6.10 Å². The number of benzene rings is 1. The predicted octanol–water partition coefficient (Wildman–Crippen LogP) is 3.98. The molecule has 0 radical (unpaired) electrons. The Morgan fingerprint density at radius 2 is 2.04 bits per heavy atom. The zero-order chi connectivity index (χ0) is 17.9. The summed E-state index contributed by atoms with van der Waals surface area (Å²) in [6, 6.07) is 13.7. The van der Waals surface area contributed by atoms with Crippen LogP contribution in [0.5, 0.6) is 0 Å². The van der Waals surface area contributed by atoms with Gasteiger partial charge in [-0.15, -0.1) is 21.5 Å². The molecule has 0 saturated heterocycles. The first-order valence-electron chi connectivity index (χ1n) is 7.83. The van der Waals surface area contributed by atoms with E-state index in [1.807, 2.05) is 36.4 Å². The fourth-order valence-corrected chi connectivity index (χ4v) is 4.27. The molecule has 3 aromatic rings. The lowest BCUT2D eigenvalue weighted by molar-refractivity contribution is -0.125. The van der Waals surface area contributed by atoms with E-state index in [1.54, 1.807) is 6.07 Å². The Morgan fingerprint density at radius 1 is 1.19 bits per heavy atom. The Morgan fingerprint density at radius 3 is 2.81 bits per heavy atom. The second-order valence-electron chi connectivity index (χ2n) is 5.59. The number of aromatic nitrogens is 2. The molecule has 0 bridgehead atoms. The number of thiophene rings is 1. The van der Waals surface area contributed by atoms with Gasteiger partial charge in [0.2, 0.25) is 11.2 Å². The van der Waals surface area contributed by atoms with Crippen LogP contribution in [0.3, 0.4) is 0 Å². The molecule has 1 N–H and O–H groups in total. The number of halogens is 1. The second-order valence-corrected chi connectivity index (χ2v) is 8.37. The first-order valence-corrected chi connectivity index (χ1v) is 9.84. The van der Waals surface area contributed by atoms with Gasteiger partial charge < -0.3 is 4.84 Å². The van der Waals surface area contributed by atoms with E-state index in [0.717, 1.165) is 21.2 Å². The number of hydrogen-bond acceptors (Lipinski definition) is 7. The fraction of sp³-hybridized carbons (Fsp3) is 0.176. The number of anilines is 1. The van der Waals surface area contributed by atoms with Crippen molar-refractivity contribution in [2.24, 2.45) is 5.16 Å². The van der Waals surface area contributed by atoms with Crippen molar-refractivity contribution in [3.63, 3.8) is 0 Å². The lowest BCUT2D eigenvalue weighted by atomic mass is 10.1.